The number of pyridine rings is 3. The van der Waals surface area contributed by atoms with Crippen LogP contribution in [0.15, 0.2) is 47.5 Å². The zero-order chi connectivity index (χ0) is 12.5. The average molecular weight is 237 g/mol. The first-order chi connectivity index (χ1) is 8.75. The third-order valence-corrected chi connectivity index (χ3v) is 2.87. The van der Waals surface area contributed by atoms with E-state index in [2.05, 4.69) is 15.0 Å². The molecule has 0 atom stereocenters. The standard InChI is InChI=1S/C14H11N3O/c1-9-4-2-6-15-12(9)11-8-10-5-3-7-16-13(10)14(18)17-11/h2-8H,1H3,(H,17,18). The fourth-order valence-corrected chi connectivity index (χ4v) is 1.99. The lowest BCUT2D eigenvalue weighted by Crippen LogP contribution is -2.09. The topological polar surface area (TPSA) is 58.6 Å². The smallest absolute Gasteiger partial charge is 0.274 e. The Hall–Kier alpha value is -2.49. The summed E-state index contributed by atoms with van der Waals surface area (Å²) in [5.41, 5.74) is 2.80. The molecule has 0 fully saturated rings. The first kappa shape index (κ1) is 10.7. The van der Waals surface area contributed by atoms with Crippen LogP contribution in [0.5, 0.6) is 0 Å². The molecule has 0 saturated heterocycles. The molecule has 4 heteroatoms. The summed E-state index contributed by atoms with van der Waals surface area (Å²) >= 11 is 0. The van der Waals surface area contributed by atoms with E-state index in [0.29, 0.717) is 5.52 Å². The van der Waals surface area contributed by atoms with E-state index in [1.165, 1.54) is 0 Å². The van der Waals surface area contributed by atoms with Gasteiger partial charge in [0, 0.05) is 17.8 Å². The fraction of sp³-hybridized carbons (Fsp3) is 0.0714. The number of rotatable bonds is 1. The number of nitrogens with zero attached hydrogens (tertiary/aromatic N) is 2. The molecule has 0 spiro atoms. The van der Waals surface area contributed by atoms with Gasteiger partial charge >= 0.3 is 0 Å². The Bertz CT molecular complexity index is 777. The minimum absolute atomic E-state index is 0.187. The van der Waals surface area contributed by atoms with Gasteiger partial charge in [-0.3, -0.25) is 14.8 Å². The summed E-state index contributed by atoms with van der Waals surface area (Å²) in [7, 11) is 0. The number of nitrogens with one attached hydrogen (secondary N) is 1. The summed E-state index contributed by atoms with van der Waals surface area (Å²) in [5.74, 6) is 0. The van der Waals surface area contributed by atoms with Gasteiger partial charge in [0.2, 0.25) is 0 Å². The molecule has 3 aromatic heterocycles. The van der Waals surface area contributed by atoms with Crippen molar-refractivity contribution in [2.75, 3.05) is 0 Å². The van der Waals surface area contributed by atoms with Crippen molar-refractivity contribution in [3.8, 4) is 11.4 Å². The van der Waals surface area contributed by atoms with Crippen molar-refractivity contribution in [2.45, 2.75) is 6.92 Å². The number of H-pyrrole nitrogens is 1. The van der Waals surface area contributed by atoms with E-state index in [4.69, 9.17) is 0 Å². The van der Waals surface area contributed by atoms with Gasteiger partial charge in [-0.25, -0.2) is 0 Å². The van der Waals surface area contributed by atoms with Crippen molar-refractivity contribution in [1.29, 1.82) is 0 Å². The van der Waals surface area contributed by atoms with Crippen molar-refractivity contribution in [1.82, 2.24) is 15.0 Å². The van der Waals surface area contributed by atoms with Crippen molar-refractivity contribution < 1.29 is 0 Å². The summed E-state index contributed by atoms with van der Waals surface area (Å²) in [4.78, 5) is 23.1. The molecular weight excluding hydrogens is 226 g/mol. The molecule has 0 aliphatic carbocycles. The summed E-state index contributed by atoms with van der Waals surface area (Å²) in [6.45, 7) is 1.97. The van der Waals surface area contributed by atoms with E-state index in [1.54, 1.807) is 12.4 Å². The lowest BCUT2D eigenvalue weighted by atomic mass is 10.1. The Morgan fingerprint density at radius 1 is 1.11 bits per heavy atom. The molecule has 1 N–H and O–H groups in total. The van der Waals surface area contributed by atoms with E-state index in [9.17, 15) is 4.79 Å². The van der Waals surface area contributed by atoms with Gasteiger partial charge in [-0.05, 0) is 30.7 Å². The van der Waals surface area contributed by atoms with Crippen LogP contribution in [0.3, 0.4) is 0 Å². The minimum atomic E-state index is -0.187. The van der Waals surface area contributed by atoms with Gasteiger partial charge in [0.05, 0.1) is 11.4 Å². The maximum absolute atomic E-state index is 11.9. The molecular formula is C14H11N3O. The molecule has 3 rings (SSSR count). The number of hydrogen-bond donors (Lipinski definition) is 1. The average Bonchev–Trinajstić information content (AvgIpc) is 2.39. The van der Waals surface area contributed by atoms with Crippen LogP contribution < -0.4 is 5.56 Å². The molecule has 0 unspecified atom stereocenters. The zero-order valence-electron chi connectivity index (χ0n) is 9.84. The van der Waals surface area contributed by atoms with E-state index in [-0.39, 0.29) is 5.56 Å². The third kappa shape index (κ3) is 1.68. The highest BCUT2D eigenvalue weighted by atomic mass is 16.1. The van der Waals surface area contributed by atoms with Crippen LogP contribution in [0.1, 0.15) is 5.56 Å². The van der Waals surface area contributed by atoms with Gasteiger partial charge in [-0.2, -0.15) is 0 Å². The van der Waals surface area contributed by atoms with Gasteiger partial charge in [-0.15, -0.1) is 0 Å². The second-order valence-electron chi connectivity index (χ2n) is 4.12. The molecule has 4 nitrogen and oxygen atoms in total. The molecule has 3 aromatic rings. The Morgan fingerprint density at radius 3 is 2.72 bits per heavy atom. The number of hydrogen-bond acceptors (Lipinski definition) is 3. The van der Waals surface area contributed by atoms with Crippen LogP contribution >= 0.6 is 0 Å². The largest absolute Gasteiger partial charge is 0.319 e. The van der Waals surface area contributed by atoms with Crippen LogP contribution in [-0.2, 0) is 0 Å². The molecule has 0 aliphatic heterocycles. The number of aromatic nitrogens is 3. The molecule has 0 saturated carbocycles. The predicted molar refractivity (Wildman–Crippen MR) is 70.3 cm³/mol. The first-order valence-electron chi connectivity index (χ1n) is 5.66. The van der Waals surface area contributed by atoms with E-state index < -0.39 is 0 Å². The lowest BCUT2D eigenvalue weighted by Gasteiger charge is -2.05. The maximum atomic E-state index is 11.9. The van der Waals surface area contributed by atoms with E-state index >= 15 is 0 Å². The lowest BCUT2D eigenvalue weighted by molar-refractivity contribution is 1.18. The Labute approximate surface area is 103 Å². The second-order valence-corrected chi connectivity index (χ2v) is 4.12. The van der Waals surface area contributed by atoms with Crippen LogP contribution in [0, 0.1) is 6.92 Å². The van der Waals surface area contributed by atoms with Crippen LogP contribution in [0.2, 0.25) is 0 Å². The van der Waals surface area contributed by atoms with Gasteiger partial charge in [0.25, 0.3) is 5.56 Å². The van der Waals surface area contributed by atoms with Crippen molar-refractivity contribution in [3.63, 3.8) is 0 Å². The fourth-order valence-electron chi connectivity index (χ4n) is 1.99. The van der Waals surface area contributed by atoms with Gasteiger partial charge in [-0.1, -0.05) is 12.1 Å². The highest BCUT2D eigenvalue weighted by Gasteiger charge is 2.07. The summed E-state index contributed by atoms with van der Waals surface area (Å²) in [5, 5.41) is 0.821. The Balaban J connectivity index is 2.32. The molecule has 0 bridgehead atoms. The maximum Gasteiger partial charge on any atom is 0.274 e. The van der Waals surface area contributed by atoms with Gasteiger partial charge in [0.1, 0.15) is 5.52 Å². The monoisotopic (exact) mass is 237 g/mol. The van der Waals surface area contributed by atoms with Gasteiger partial charge in [0.15, 0.2) is 0 Å². The molecule has 0 radical (unpaired) electrons. The summed E-state index contributed by atoms with van der Waals surface area (Å²) in [6, 6.07) is 9.43. The van der Waals surface area contributed by atoms with Crippen molar-refractivity contribution >= 4 is 10.9 Å². The van der Waals surface area contributed by atoms with Crippen molar-refractivity contribution in [2.24, 2.45) is 0 Å². The van der Waals surface area contributed by atoms with Gasteiger partial charge < -0.3 is 4.98 Å². The van der Waals surface area contributed by atoms with Crippen LogP contribution in [0.4, 0.5) is 0 Å². The minimum Gasteiger partial charge on any atom is -0.319 e. The SMILES string of the molecule is Cc1cccnc1-c1cc2cccnc2c(=O)[nH]1. The second kappa shape index (κ2) is 4.07. The highest BCUT2D eigenvalue weighted by molar-refractivity contribution is 5.81. The quantitative estimate of drug-likeness (QED) is 0.706. The van der Waals surface area contributed by atoms with E-state index in [0.717, 1.165) is 22.3 Å². The summed E-state index contributed by atoms with van der Waals surface area (Å²) < 4.78 is 0. The van der Waals surface area contributed by atoms with E-state index in [1.807, 2.05) is 37.3 Å². The first-order valence-corrected chi connectivity index (χ1v) is 5.66. The number of fused-ring (bicyclic) bond motifs is 1. The molecule has 0 amide bonds. The highest BCUT2D eigenvalue weighted by Crippen LogP contribution is 2.19. The summed E-state index contributed by atoms with van der Waals surface area (Å²) in [6.07, 6.45) is 3.33. The Kier molecular flexibility index (Phi) is 2.41. The normalized spacial score (nSPS) is 10.7. The Morgan fingerprint density at radius 2 is 1.89 bits per heavy atom. The number of aryl methyl sites for hydroxylation is 1. The molecule has 18 heavy (non-hydrogen) atoms. The van der Waals surface area contributed by atoms with Crippen molar-refractivity contribution in [3.05, 3.63) is 58.6 Å². The van der Waals surface area contributed by atoms with Crippen LogP contribution in [0.25, 0.3) is 22.3 Å². The molecule has 88 valence electrons. The van der Waals surface area contributed by atoms with Crippen LogP contribution in [-0.4, -0.2) is 15.0 Å². The molecule has 3 heterocycles. The number of aromatic amines is 1. The molecule has 0 aromatic carbocycles. The zero-order valence-corrected chi connectivity index (χ0v) is 9.84. The predicted octanol–water partition coefficient (Wildman–Crippen LogP) is 2.29. The third-order valence-electron chi connectivity index (χ3n) is 2.87. The molecule has 0 aliphatic rings.